The monoisotopic (exact) mass is 465 g/mol. The molecule has 5 nitrogen and oxygen atoms in total. The van der Waals surface area contributed by atoms with Crippen LogP contribution in [-0.4, -0.2) is 41.6 Å². The summed E-state index contributed by atoms with van der Waals surface area (Å²) < 4.78 is 11.8. The topological polar surface area (TPSA) is 55.8 Å². The Morgan fingerprint density at radius 2 is 1.46 bits per heavy atom. The molecular formula is C30H27NO4. The van der Waals surface area contributed by atoms with Crippen LogP contribution in [-0.2, 0) is 24.6 Å². The molecule has 6 rings (SSSR count). The molecule has 1 spiro atoms. The van der Waals surface area contributed by atoms with Crippen LogP contribution in [0.5, 0.6) is 0 Å². The molecule has 0 saturated carbocycles. The third kappa shape index (κ3) is 3.04. The number of carbonyl (C=O) groups excluding carboxylic acids is 2. The van der Waals surface area contributed by atoms with Gasteiger partial charge in [-0.05, 0) is 23.6 Å². The highest BCUT2D eigenvalue weighted by Crippen LogP contribution is 2.56. The van der Waals surface area contributed by atoms with Gasteiger partial charge in [-0.1, -0.05) is 103 Å². The lowest BCUT2D eigenvalue weighted by Gasteiger charge is -2.44. The number of benzene rings is 3. The fraction of sp³-hybridized carbons (Fsp3) is 0.267. The van der Waals surface area contributed by atoms with Crippen molar-refractivity contribution in [3.63, 3.8) is 0 Å². The number of rotatable bonds is 6. The van der Waals surface area contributed by atoms with Gasteiger partial charge in [-0.15, -0.1) is 0 Å². The van der Waals surface area contributed by atoms with E-state index < -0.39 is 29.1 Å². The van der Waals surface area contributed by atoms with Crippen LogP contribution in [0, 0.1) is 11.8 Å². The number of carbonyl (C=O) groups is 2. The Balaban J connectivity index is 1.58. The normalized spacial score (nSPS) is 26.7. The molecule has 35 heavy (non-hydrogen) atoms. The molecule has 2 bridgehead atoms. The first-order valence-electron chi connectivity index (χ1n) is 12.1. The van der Waals surface area contributed by atoms with Crippen molar-refractivity contribution in [1.29, 1.82) is 0 Å². The molecule has 0 aliphatic carbocycles. The minimum Gasteiger partial charge on any atom is -0.466 e. The van der Waals surface area contributed by atoms with E-state index in [4.69, 9.17) is 9.47 Å². The molecule has 0 N–H and O–H groups in total. The zero-order valence-corrected chi connectivity index (χ0v) is 19.5. The lowest BCUT2D eigenvalue weighted by Crippen LogP contribution is -2.51. The summed E-state index contributed by atoms with van der Waals surface area (Å²) in [6.45, 7) is 2.40. The highest BCUT2D eigenvalue weighted by molar-refractivity contribution is 5.92. The molecule has 2 fully saturated rings. The first kappa shape index (κ1) is 21.8. The average Bonchev–Trinajstić information content (AvgIpc) is 3.55. The first-order chi connectivity index (χ1) is 17.1. The zero-order chi connectivity index (χ0) is 24.0. The molecule has 0 unspecified atom stereocenters. The molecule has 3 aliphatic heterocycles. The second-order valence-electron chi connectivity index (χ2n) is 9.38. The van der Waals surface area contributed by atoms with Gasteiger partial charge in [-0.3, -0.25) is 9.59 Å². The number of esters is 1. The standard InChI is InChI=1S/C30H27NO4/c1-2-34-28(33)25-24-18-19-29(35-24)20-31(27(32)26(25)29)30(21-12-6-3-7-13-21,22-14-8-4-9-15-22)23-16-10-5-11-17-23/h3-19,24-26H,2,20H2,1H3/t24-,25+,26+,29-/m1/s1. The van der Waals surface area contributed by atoms with Gasteiger partial charge < -0.3 is 14.4 Å². The molecule has 1 amide bonds. The third-order valence-corrected chi connectivity index (χ3v) is 7.64. The van der Waals surface area contributed by atoms with Gasteiger partial charge in [0, 0.05) is 0 Å². The molecule has 3 aromatic carbocycles. The Bertz CT molecular complexity index is 1180. The summed E-state index contributed by atoms with van der Waals surface area (Å²) in [5, 5.41) is 0. The van der Waals surface area contributed by atoms with Gasteiger partial charge in [0.25, 0.3) is 0 Å². The van der Waals surface area contributed by atoms with Crippen LogP contribution in [0.25, 0.3) is 0 Å². The van der Waals surface area contributed by atoms with Gasteiger partial charge in [-0.2, -0.15) is 0 Å². The lowest BCUT2D eigenvalue weighted by molar-refractivity contribution is -0.154. The van der Waals surface area contributed by atoms with E-state index in [0.29, 0.717) is 6.54 Å². The summed E-state index contributed by atoms with van der Waals surface area (Å²) in [7, 11) is 0. The van der Waals surface area contributed by atoms with E-state index in [1.54, 1.807) is 6.92 Å². The zero-order valence-electron chi connectivity index (χ0n) is 19.5. The van der Waals surface area contributed by atoms with Gasteiger partial charge in [0.15, 0.2) is 0 Å². The summed E-state index contributed by atoms with van der Waals surface area (Å²) in [6.07, 6.45) is 3.48. The summed E-state index contributed by atoms with van der Waals surface area (Å²) in [4.78, 5) is 29.4. The number of ether oxygens (including phenoxy) is 2. The van der Waals surface area contributed by atoms with E-state index in [-0.39, 0.29) is 18.5 Å². The van der Waals surface area contributed by atoms with Crippen molar-refractivity contribution in [2.75, 3.05) is 13.2 Å². The van der Waals surface area contributed by atoms with Crippen molar-refractivity contribution in [3.05, 3.63) is 120 Å². The number of fused-ring (bicyclic) bond motifs is 1. The molecule has 0 aromatic heterocycles. The number of hydrogen-bond donors (Lipinski definition) is 0. The Hall–Kier alpha value is -3.70. The Morgan fingerprint density at radius 3 is 1.94 bits per heavy atom. The maximum absolute atomic E-state index is 14.5. The van der Waals surface area contributed by atoms with Crippen molar-refractivity contribution in [2.24, 2.45) is 11.8 Å². The van der Waals surface area contributed by atoms with Crippen LogP contribution in [0.1, 0.15) is 23.6 Å². The minimum absolute atomic E-state index is 0.0912. The van der Waals surface area contributed by atoms with Crippen molar-refractivity contribution in [3.8, 4) is 0 Å². The van der Waals surface area contributed by atoms with E-state index in [1.807, 2.05) is 71.6 Å². The maximum atomic E-state index is 14.5. The highest BCUT2D eigenvalue weighted by Gasteiger charge is 2.69. The summed E-state index contributed by atoms with van der Waals surface area (Å²) in [5.74, 6) is -1.72. The fourth-order valence-corrected chi connectivity index (χ4v) is 6.30. The van der Waals surface area contributed by atoms with Gasteiger partial charge in [0.2, 0.25) is 5.91 Å². The Kier molecular flexibility index (Phi) is 5.11. The molecule has 176 valence electrons. The van der Waals surface area contributed by atoms with Crippen LogP contribution in [0.15, 0.2) is 103 Å². The van der Waals surface area contributed by atoms with Crippen molar-refractivity contribution >= 4 is 11.9 Å². The molecular weight excluding hydrogens is 438 g/mol. The van der Waals surface area contributed by atoms with Gasteiger partial charge >= 0.3 is 5.97 Å². The summed E-state index contributed by atoms with van der Waals surface area (Å²) in [5.41, 5.74) is 1.20. The SMILES string of the molecule is CCOC(=O)[C@@H]1[C@H]2C(=O)N(C(c3ccccc3)(c3ccccc3)c3ccccc3)C[C@]23C=C[C@H]1O3. The van der Waals surface area contributed by atoms with Crippen LogP contribution in [0.2, 0.25) is 0 Å². The fourth-order valence-electron chi connectivity index (χ4n) is 6.30. The van der Waals surface area contributed by atoms with Crippen molar-refractivity contribution in [2.45, 2.75) is 24.2 Å². The van der Waals surface area contributed by atoms with E-state index in [9.17, 15) is 9.59 Å². The van der Waals surface area contributed by atoms with Crippen LogP contribution < -0.4 is 0 Å². The summed E-state index contributed by atoms with van der Waals surface area (Å²) in [6, 6.07) is 30.3. The third-order valence-electron chi connectivity index (χ3n) is 7.64. The maximum Gasteiger partial charge on any atom is 0.312 e. The average molecular weight is 466 g/mol. The van der Waals surface area contributed by atoms with Gasteiger partial charge in [0.1, 0.15) is 17.1 Å². The molecule has 3 aromatic rings. The molecule has 5 heteroatoms. The van der Waals surface area contributed by atoms with E-state index >= 15 is 0 Å². The quantitative estimate of drug-likeness (QED) is 0.309. The largest absolute Gasteiger partial charge is 0.466 e. The first-order valence-corrected chi connectivity index (χ1v) is 12.1. The number of likely N-dealkylation sites (tertiary alicyclic amines) is 1. The summed E-state index contributed by atoms with van der Waals surface area (Å²) >= 11 is 0. The second kappa shape index (κ2) is 8.21. The Morgan fingerprint density at radius 1 is 0.943 bits per heavy atom. The highest BCUT2D eigenvalue weighted by atomic mass is 16.6. The van der Waals surface area contributed by atoms with Gasteiger partial charge in [-0.25, -0.2) is 0 Å². The molecule has 3 aliphatic rings. The molecule has 0 radical (unpaired) electrons. The van der Waals surface area contributed by atoms with Gasteiger partial charge in [0.05, 0.1) is 25.2 Å². The van der Waals surface area contributed by atoms with Crippen LogP contribution in [0.3, 0.4) is 0 Å². The lowest BCUT2D eigenvalue weighted by atomic mass is 9.75. The van der Waals surface area contributed by atoms with Crippen LogP contribution in [0.4, 0.5) is 0 Å². The smallest absolute Gasteiger partial charge is 0.312 e. The predicted octanol–water partition coefficient (Wildman–Crippen LogP) is 4.32. The Labute approximate surface area is 205 Å². The van der Waals surface area contributed by atoms with E-state index in [2.05, 4.69) is 36.4 Å². The van der Waals surface area contributed by atoms with E-state index in [1.165, 1.54) is 0 Å². The number of amides is 1. The predicted molar refractivity (Wildman–Crippen MR) is 131 cm³/mol. The molecule has 4 atom stereocenters. The number of hydrogen-bond acceptors (Lipinski definition) is 4. The van der Waals surface area contributed by atoms with Crippen LogP contribution >= 0.6 is 0 Å². The molecule has 2 saturated heterocycles. The van der Waals surface area contributed by atoms with Crippen molar-refractivity contribution < 1.29 is 19.1 Å². The minimum atomic E-state index is -0.894. The molecule has 3 heterocycles. The second-order valence-corrected chi connectivity index (χ2v) is 9.38. The number of nitrogens with zero attached hydrogens (tertiary/aromatic N) is 1. The van der Waals surface area contributed by atoms with Crippen molar-refractivity contribution in [1.82, 2.24) is 4.90 Å². The van der Waals surface area contributed by atoms with E-state index in [0.717, 1.165) is 16.7 Å².